The fraction of sp³-hybridized carbons (Fsp3) is 0.333. The summed E-state index contributed by atoms with van der Waals surface area (Å²) in [6.07, 6.45) is 0. The highest BCUT2D eigenvalue weighted by molar-refractivity contribution is 14.1. The molecule has 0 aromatic heterocycles. The van der Waals surface area contributed by atoms with Crippen LogP contribution in [0.1, 0.15) is 11.1 Å². The summed E-state index contributed by atoms with van der Waals surface area (Å²) in [5, 5.41) is 0. The lowest BCUT2D eigenvalue weighted by Gasteiger charge is -2.10. The van der Waals surface area contributed by atoms with Crippen molar-refractivity contribution >= 4 is 45.2 Å². The van der Waals surface area contributed by atoms with Gasteiger partial charge in [-0.15, -0.1) is 0 Å². The monoisotopic (exact) mass is 388 g/mol. The molecule has 0 unspecified atom stereocenters. The maximum absolute atomic E-state index is 5.30. The summed E-state index contributed by atoms with van der Waals surface area (Å²) in [4.78, 5) is 0. The van der Waals surface area contributed by atoms with Gasteiger partial charge in [0.2, 0.25) is 0 Å². The molecule has 1 aromatic carbocycles. The molecule has 0 saturated heterocycles. The first-order valence-electron chi connectivity index (χ1n) is 3.57. The SMILES string of the molecule is COc1c(C)cc(I)c(C)c1I. The van der Waals surface area contributed by atoms with E-state index in [0.29, 0.717) is 0 Å². The van der Waals surface area contributed by atoms with Crippen LogP contribution in [0.3, 0.4) is 0 Å². The Labute approximate surface area is 100 Å². The van der Waals surface area contributed by atoms with Crippen LogP contribution in [-0.4, -0.2) is 7.11 Å². The van der Waals surface area contributed by atoms with E-state index in [0.717, 1.165) is 5.75 Å². The number of halogens is 2. The molecule has 1 nitrogen and oxygen atoms in total. The Morgan fingerprint density at radius 3 is 2.33 bits per heavy atom. The molecule has 0 atom stereocenters. The molecule has 0 radical (unpaired) electrons. The number of ether oxygens (including phenoxy) is 1. The maximum Gasteiger partial charge on any atom is 0.135 e. The molecule has 1 rings (SSSR count). The van der Waals surface area contributed by atoms with E-state index in [4.69, 9.17) is 4.74 Å². The molecule has 66 valence electrons. The van der Waals surface area contributed by atoms with Crippen LogP contribution < -0.4 is 4.74 Å². The fourth-order valence-electron chi connectivity index (χ4n) is 1.06. The second-order valence-corrected chi connectivity index (χ2v) is 4.89. The van der Waals surface area contributed by atoms with E-state index >= 15 is 0 Å². The van der Waals surface area contributed by atoms with E-state index in [-0.39, 0.29) is 0 Å². The number of hydrogen-bond acceptors (Lipinski definition) is 1. The Kier molecular flexibility index (Phi) is 3.63. The first-order chi connectivity index (χ1) is 5.57. The van der Waals surface area contributed by atoms with Crippen molar-refractivity contribution in [2.24, 2.45) is 0 Å². The summed E-state index contributed by atoms with van der Waals surface area (Å²) in [7, 11) is 1.72. The average molecular weight is 388 g/mol. The number of aryl methyl sites for hydroxylation is 1. The van der Waals surface area contributed by atoms with Gasteiger partial charge in [-0.05, 0) is 76.2 Å². The summed E-state index contributed by atoms with van der Waals surface area (Å²) in [6.45, 7) is 4.19. The van der Waals surface area contributed by atoms with Crippen molar-refractivity contribution in [2.45, 2.75) is 13.8 Å². The summed E-state index contributed by atoms with van der Waals surface area (Å²) >= 11 is 4.67. The van der Waals surface area contributed by atoms with Gasteiger partial charge in [-0.25, -0.2) is 0 Å². The molecule has 0 aliphatic heterocycles. The van der Waals surface area contributed by atoms with Crippen LogP contribution in [-0.2, 0) is 0 Å². The molecular formula is C9H10I2O. The minimum Gasteiger partial charge on any atom is -0.495 e. The Morgan fingerprint density at radius 1 is 1.25 bits per heavy atom. The molecule has 3 heteroatoms. The lowest BCUT2D eigenvalue weighted by molar-refractivity contribution is 0.408. The van der Waals surface area contributed by atoms with Crippen molar-refractivity contribution < 1.29 is 4.74 Å². The van der Waals surface area contributed by atoms with E-state index in [1.807, 2.05) is 0 Å². The molecule has 0 aliphatic carbocycles. The van der Waals surface area contributed by atoms with Crippen molar-refractivity contribution in [1.82, 2.24) is 0 Å². The van der Waals surface area contributed by atoms with Gasteiger partial charge in [-0.1, -0.05) is 0 Å². The highest BCUT2D eigenvalue weighted by Crippen LogP contribution is 2.30. The van der Waals surface area contributed by atoms with Crippen LogP contribution in [0.2, 0.25) is 0 Å². The maximum atomic E-state index is 5.30. The predicted octanol–water partition coefficient (Wildman–Crippen LogP) is 3.52. The Morgan fingerprint density at radius 2 is 1.83 bits per heavy atom. The van der Waals surface area contributed by atoms with Gasteiger partial charge >= 0.3 is 0 Å². The van der Waals surface area contributed by atoms with Crippen molar-refractivity contribution in [1.29, 1.82) is 0 Å². The third kappa shape index (κ3) is 1.86. The molecular weight excluding hydrogens is 378 g/mol. The average Bonchev–Trinajstić information content (AvgIpc) is 2.01. The number of hydrogen-bond donors (Lipinski definition) is 0. The van der Waals surface area contributed by atoms with Crippen molar-refractivity contribution in [2.75, 3.05) is 7.11 Å². The summed E-state index contributed by atoms with van der Waals surface area (Å²) in [6, 6.07) is 2.15. The third-order valence-electron chi connectivity index (χ3n) is 1.79. The molecule has 0 N–H and O–H groups in total. The normalized spacial score (nSPS) is 10.1. The van der Waals surface area contributed by atoms with Gasteiger partial charge in [0.25, 0.3) is 0 Å². The molecule has 0 bridgehead atoms. The van der Waals surface area contributed by atoms with Gasteiger partial charge in [0, 0.05) is 3.57 Å². The first-order valence-corrected chi connectivity index (χ1v) is 5.73. The number of benzene rings is 1. The highest BCUT2D eigenvalue weighted by Gasteiger charge is 2.09. The fourth-order valence-corrected chi connectivity index (χ4v) is 3.25. The minimum absolute atomic E-state index is 1.01. The van der Waals surface area contributed by atoms with E-state index in [1.165, 1.54) is 18.3 Å². The molecule has 0 aliphatic rings. The molecule has 0 fully saturated rings. The number of methoxy groups -OCH3 is 1. The standard InChI is InChI=1S/C9H10I2O/c1-5-4-7(10)6(2)8(11)9(5)12-3/h4H,1-3H3. The summed E-state index contributed by atoms with van der Waals surface area (Å²) < 4.78 is 7.82. The van der Waals surface area contributed by atoms with Crippen LogP contribution in [0.15, 0.2) is 6.07 Å². The molecule has 0 spiro atoms. The van der Waals surface area contributed by atoms with Gasteiger partial charge in [0.1, 0.15) is 5.75 Å². The highest BCUT2D eigenvalue weighted by atomic mass is 127. The zero-order valence-corrected chi connectivity index (χ0v) is 11.6. The third-order valence-corrected chi connectivity index (χ3v) is 4.21. The van der Waals surface area contributed by atoms with Crippen LogP contribution in [0.5, 0.6) is 5.75 Å². The van der Waals surface area contributed by atoms with Crippen LogP contribution in [0.4, 0.5) is 0 Å². The second kappa shape index (κ2) is 4.13. The van der Waals surface area contributed by atoms with Gasteiger partial charge in [-0.3, -0.25) is 0 Å². The number of rotatable bonds is 1. The van der Waals surface area contributed by atoms with Crippen molar-refractivity contribution in [3.05, 3.63) is 24.3 Å². The van der Waals surface area contributed by atoms with Gasteiger partial charge in [-0.2, -0.15) is 0 Å². The van der Waals surface area contributed by atoms with E-state index in [9.17, 15) is 0 Å². The van der Waals surface area contributed by atoms with Gasteiger partial charge in [0.05, 0.1) is 10.7 Å². The van der Waals surface area contributed by atoms with Crippen molar-refractivity contribution in [3.8, 4) is 5.75 Å². The van der Waals surface area contributed by atoms with E-state index in [1.54, 1.807) is 7.11 Å². The van der Waals surface area contributed by atoms with Crippen LogP contribution >= 0.6 is 45.2 Å². The van der Waals surface area contributed by atoms with E-state index in [2.05, 4.69) is 65.1 Å². The van der Waals surface area contributed by atoms with Crippen LogP contribution in [0.25, 0.3) is 0 Å². The zero-order chi connectivity index (χ0) is 9.30. The van der Waals surface area contributed by atoms with E-state index < -0.39 is 0 Å². The lowest BCUT2D eigenvalue weighted by Crippen LogP contribution is -1.95. The van der Waals surface area contributed by atoms with Crippen LogP contribution in [0, 0.1) is 21.0 Å². The molecule has 12 heavy (non-hydrogen) atoms. The molecule has 1 aromatic rings. The second-order valence-electron chi connectivity index (χ2n) is 2.65. The Bertz CT molecular complexity index is 308. The Balaban J connectivity index is 3.40. The largest absolute Gasteiger partial charge is 0.495 e. The summed E-state index contributed by atoms with van der Waals surface area (Å²) in [5.74, 6) is 1.01. The minimum atomic E-state index is 1.01. The predicted molar refractivity (Wildman–Crippen MR) is 67.9 cm³/mol. The lowest BCUT2D eigenvalue weighted by atomic mass is 10.1. The molecule has 0 amide bonds. The summed E-state index contributed by atoms with van der Waals surface area (Å²) in [5.41, 5.74) is 2.51. The van der Waals surface area contributed by atoms with Gasteiger partial charge < -0.3 is 4.74 Å². The smallest absolute Gasteiger partial charge is 0.135 e. The topological polar surface area (TPSA) is 9.23 Å². The van der Waals surface area contributed by atoms with Crippen molar-refractivity contribution in [3.63, 3.8) is 0 Å². The van der Waals surface area contributed by atoms with Gasteiger partial charge in [0.15, 0.2) is 0 Å². The molecule has 0 heterocycles. The Hall–Kier alpha value is 0.480. The molecule has 0 saturated carbocycles. The zero-order valence-electron chi connectivity index (χ0n) is 7.24. The quantitative estimate of drug-likeness (QED) is 0.670. The first kappa shape index (κ1) is 10.6.